The van der Waals surface area contributed by atoms with Gasteiger partial charge in [0.05, 0.1) is 4.90 Å². The summed E-state index contributed by atoms with van der Waals surface area (Å²) in [5.41, 5.74) is 0.632. The molecule has 21 heavy (non-hydrogen) atoms. The van der Waals surface area contributed by atoms with Gasteiger partial charge in [0, 0.05) is 18.3 Å². The Morgan fingerprint density at radius 1 is 1.14 bits per heavy atom. The van der Waals surface area contributed by atoms with Gasteiger partial charge in [-0.2, -0.15) is 0 Å². The molecule has 0 saturated heterocycles. The molecule has 0 amide bonds. The van der Waals surface area contributed by atoms with E-state index < -0.39 is 10.0 Å². The van der Waals surface area contributed by atoms with Crippen molar-refractivity contribution >= 4 is 27.3 Å². The summed E-state index contributed by atoms with van der Waals surface area (Å²) in [6, 6.07) is 8.26. The Morgan fingerprint density at radius 3 is 2.62 bits per heavy atom. The minimum absolute atomic E-state index is 0.191. The SMILES string of the molecule is CCNc1cc(Nc2cccc(S(=O)(=O)NC)c2)ncn1. The quantitative estimate of drug-likeness (QED) is 0.749. The Balaban J connectivity index is 2.24. The van der Waals surface area contributed by atoms with Crippen LogP contribution in [0, 0.1) is 0 Å². The molecule has 0 aliphatic carbocycles. The molecule has 0 unspecified atom stereocenters. The zero-order valence-electron chi connectivity index (χ0n) is 11.8. The molecule has 3 N–H and O–H groups in total. The van der Waals surface area contributed by atoms with E-state index in [1.165, 1.54) is 19.4 Å². The first kappa shape index (κ1) is 15.2. The van der Waals surface area contributed by atoms with Crippen LogP contribution in [0.15, 0.2) is 41.6 Å². The second-order valence-corrected chi connectivity index (χ2v) is 6.07. The van der Waals surface area contributed by atoms with Gasteiger partial charge in [-0.1, -0.05) is 6.07 Å². The fourth-order valence-electron chi connectivity index (χ4n) is 1.71. The molecule has 0 aliphatic heterocycles. The van der Waals surface area contributed by atoms with Gasteiger partial charge in [0.25, 0.3) is 0 Å². The van der Waals surface area contributed by atoms with Crippen molar-refractivity contribution in [3.8, 4) is 0 Å². The van der Waals surface area contributed by atoms with E-state index in [2.05, 4.69) is 25.3 Å². The van der Waals surface area contributed by atoms with Gasteiger partial charge in [0.15, 0.2) is 0 Å². The maximum absolute atomic E-state index is 11.8. The van der Waals surface area contributed by atoms with Gasteiger partial charge in [-0.15, -0.1) is 0 Å². The number of sulfonamides is 1. The van der Waals surface area contributed by atoms with Crippen molar-refractivity contribution in [3.05, 3.63) is 36.7 Å². The van der Waals surface area contributed by atoms with Crippen molar-refractivity contribution < 1.29 is 8.42 Å². The summed E-state index contributed by atoms with van der Waals surface area (Å²) in [7, 11) is -2.09. The van der Waals surface area contributed by atoms with E-state index >= 15 is 0 Å². The van der Waals surface area contributed by atoms with E-state index in [1.54, 1.807) is 24.3 Å². The van der Waals surface area contributed by atoms with Crippen LogP contribution in [0.25, 0.3) is 0 Å². The highest BCUT2D eigenvalue weighted by Gasteiger charge is 2.11. The van der Waals surface area contributed by atoms with Gasteiger partial charge >= 0.3 is 0 Å². The van der Waals surface area contributed by atoms with E-state index in [1.807, 2.05) is 6.92 Å². The molecule has 0 saturated carbocycles. The van der Waals surface area contributed by atoms with Gasteiger partial charge in [-0.05, 0) is 32.2 Å². The van der Waals surface area contributed by atoms with Crippen LogP contribution < -0.4 is 15.4 Å². The fourth-order valence-corrected chi connectivity index (χ4v) is 2.49. The molecule has 0 bridgehead atoms. The highest BCUT2D eigenvalue weighted by molar-refractivity contribution is 7.89. The van der Waals surface area contributed by atoms with Crippen molar-refractivity contribution in [2.24, 2.45) is 0 Å². The summed E-state index contributed by atoms with van der Waals surface area (Å²) in [5.74, 6) is 1.29. The zero-order valence-corrected chi connectivity index (χ0v) is 12.6. The highest BCUT2D eigenvalue weighted by atomic mass is 32.2. The molecule has 1 heterocycles. The lowest BCUT2D eigenvalue weighted by molar-refractivity contribution is 0.588. The number of hydrogen-bond acceptors (Lipinski definition) is 6. The lowest BCUT2D eigenvalue weighted by atomic mass is 10.3. The summed E-state index contributed by atoms with van der Waals surface area (Å²) in [4.78, 5) is 8.37. The van der Waals surface area contributed by atoms with Crippen LogP contribution in [0.4, 0.5) is 17.3 Å². The Bertz CT molecular complexity index is 718. The number of anilines is 3. The fraction of sp³-hybridized carbons (Fsp3) is 0.231. The number of nitrogens with one attached hydrogen (secondary N) is 3. The molecule has 2 aromatic rings. The van der Waals surface area contributed by atoms with Gasteiger partial charge in [0.1, 0.15) is 18.0 Å². The van der Waals surface area contributed by atoms with Gasteiger partial charge in [-0.3, -0.25) is 0 Å². The molecule has 2 rings (SSSR count). The molecule has 1 aromatic carbocycles. The lowest BCUT2D eigenvalue weighted by Crippen LogP contribution is -2.18. The average Bonchev–Trinajstić information content (AvgIpc) is 2.48. The van der Waals surface area contributed by atoms with Crippen LogP contribution in [-0.4, -0.2) is 32.0 Å². The monoisotopic (exact) mass is 307 g/mol. The molecular formula is C13H17N5O2S. The van der Waals surface area contributed by atoms with E-state index in [4.69, 9.17) is 0 Å². The largest absolute Gasteiger partial charge is 0.370 e. The first-order valence-electron chi connectivity index (χ1n) is 6.41. The van der Waals surface area contributed by atoms with Crippen LogP contribution >= 0.6 is 0 Å². The minimum atomic E-state index is -3.46. The Labute approximate surface area is 123 Å². The van der Waals surface area contributed by atoms with E-state index in [0.29, 0.717) is 17.3 Å². The van der Waals surface area contributed by atoms with Crippen molar-refractivity contribution in [2.75, 3.05) is 24.2 Å². The summed E-state index contributed by atoms with van der Waals surface area (Å²) >= 11 is 0. The topological polar surface area (TPSA) is 96.0 Å². The Hall–Kier alpha value is -2.19. The van der Waals surface area contributed by atoms with Crippen LogP contribution in [0.5, 0.6) is 0 Å². The molecular weight excluding hydrogens is 290 g/mol. The first-order chi connectivity index (χ1) is 10.0. The summed E-state index contributed by atoms with van der Waals surface area (Å²) in [6.45, 7) is 2.73. The molecule has 0 radical (unpaired) electrons. The van der Waals surface area contributed by atoms with E-state index in [9.17, 15) is 8.42 Å². The van der Waals surface area contributed by atoms with Gasteiger partial charge < -0.3 is 10.6 Å². The van der Waals surface area contributed by atoms with Crippen LogP contribution in [0.1, 0.15) is 6.92 Å². The molecule has 0 atom stereocenters. The first-order valence-corrected chi connectivity index (χ1v) is 7.90. The standard InChI is InChI=1S/C13H17N5O2S/c1-3-15-12-8-13(17-9-16-12)18-10-5-4-6-11(7-10)21(19,20)14-2/h4-9,14H,3H2,1-2H3,(H2,15,16,17,18). The second kappa shape index (κ2) is 6.51. The summed E-state index contributed by atoms with van der Waals surface area (Å²) in [6.07, 6.45) is 1.44. The molecule has 0 aliphatic rings. The Morgan fingerprint density at radius 2 is 1.90 bits per heavy atom. The number of benzene rings is 1. The normalized spacial score (nSPS) is 11.1. The molecule has 7 nitrogen and oxygen atoms in total. The predicted molar refractivity (Wildman–Crippen MR) is 82.2 cm³/mol. The second-order valence-electron chi connectivity index (χ2n) is 4.18. The minimum Gasteiger partial charge on any atom is -0.370 e. The predicted octanol–water partition coefficient (Wildman–Crippen LogP) is 1.56. The zero-order chi connectivity index (χ0) is 15.3. The third kappa shape index (κ3) is 3.89. The third-order valence-corrected chi connectivity index (χ3v) is 4.12. The van der Waals surface area contributed by atoms with Crippen molar-refractivity contribution in [3.63, 3.8) is 0 Å². The number of aromatic nitrogens is 2. The van der Waals surface area contributed by atoms with Gasteiger partial charge in [-0.25, -0.2) is 23.1 Å². The lowest BCUT2D eigenvalue weighted by Gasteiger charge is -2.09. The number of nitrogens with zero attached hydrogens (tertiary/aromatic N) is 2. The van der Waals surface area contributed by atoms with E-state index in [0.717, 1.165) is 6.54 Å². The Kier molecular flexibility index (Phi) is 4.71. The smallest absolute Gasteiger partial charge is 0.240 e. The van der Waals surface area contributed by atoms with Crippen LogP contribution in [-0.2, 0) is 10.0 Å². The summed E-state index contributed by atoms with van der Waals surface area (Å²) < 4.78 is 25.8. The van der Waals surface area contributed by atoms with E-state index in [-0.39, 0.29) is 4.90 Å². The molecule has 112 valence electrons. The van der Waals surface area contributed by atoms with Crippen LogP contribution in [0.3, 0.4) is 0 Å². The van der Waals surface area contributed by atoms with Crippen LogP contribution in [0.2, 0.25) is 0 Å². The van der Waals surface area contributed by atoms with Crippen molar-refractivity contribution in [2.45, 2.75) is 11.8 Å². The molecule has 8 heteroatoms. The van der Waals surface area contributed by atoms with Crippen molar-refractivity contribution in [1.82, 2.24) is 14.7 Å². The average molecular weight is 307 g/mol. The molecule has 0 spiro atoms. The highest BCUT2D eigenvalue weighted by Crippen LogP contribution is 2.19. The maximum atomic E-state index is 11.8. The molecule has 1 aromatic heterocycles. The number of hydrogen-bond donors (Lipinski definition) is 3. The van der Waals surface area contributed by atoms with Crippen molar-refractivity contribution in [1.29, 1.82) is 0 Å². The number of rotatable bonds is 6. The maximum Gasteiger partial charge on any atom is 0.240 e. The van der Waals surface area contributed by atoms with Gasteiger partial charge in [0.2, 0.25) is 10.0 Å². The molecule has 0 fully saturated rings. The third-order valence-electron chi connectivity index (χ3n) is 2.71. The summed E-state index contributed by atoms with van der Waals surface area (Å²) in [5, 5.41) is 6.14.